The number of carbonyl (C=O) groups excluding carboxylic acids is 2. The van der Waals surface area contributed by atoms with Gasteiger partial charge in [-0.25, -0.2) is 0 Å². The van der Waals surface area contributed by atoms with Crippen molar-refractivity contribution in [2.24, 2.45) is 92.7 Å². The maximum Gasteiger partial charge on any atom is 2.00 e. The Bertz CT molecular complexity index is 1390. The molecule has 6 N–H and O–H groups in total. The Morgan fingerprint density at radius 1 is 0.542 bits per heavy atom. The summed E-state index contributed by atoms with van der Waals surface area (Å²) in [6, 6.07) is 0. The minimum Gasteiger partial charge on any atom is -0.550 e. The van der Waals surface area contributed by atoms with Crippen LogP contribution < -0.4 is 10.2 Å². The first kappa shape index (κ1) is 47.7. The number of carboxylic acid groups (broad SMARTS) is 2. The Balaban J connectivity index is 0.000000195. The quantitative estimate of drug-likeness (QED) is 0.192. The molecule has 0 heterocycles. The summed E-state index contributed by atoms with van der Waals surface area (Å²) in [6.07, 6.45) is 11.4. The Morgan fingerprint density at radius 2 is 0.898 bits per heavy atom. The number of aliphatic hydroxyl groups is 6. The van der Waals surface area contributed by atoms with Gasteiger partial charge in [-0.2, -0.15) is 0 Å². The summed E-state index contributed by atoms with van der Waals surface area (Å²) >= 11 is 0. The first-order chi connectivity index (χ1) is 27.2. The molecule has 1 radical (unpaired) electrons. The zero-order valence-electron chi connectivity index (χ0n) is 36.8. The summed E-state index contributed by atoms with van der Waals surface area (Å²) in [6.45, 7) is 13.3. The molecule has 0 saturated heterocycles. The molecular weight excluding hydrogens is 791 g/mol. The van der Waals surface area contributed by atoms with E-state index in [1.54, 1.807) is 0 Å². The predicted molar refractivity (Wildman–Crippen MR) is 215 cm³/mol. The van der Waals surface area contributed by atoms with Gasteiger partial charge in [0.2, 0.25) is 0 Å². The summed E-state index contributed by atoms with van der Waals surface area (Å²) in [5.74, 6) is 1.27. The molecule has 8 aliphatic carbocycles. The molecule has 0 spiro atoms. The Hall–Kier alpha value is -0.781. The summed E-state index contributed by atoms with van der Waals surface area (Å²) in [4.78, 5) is 21.9. The molecule has 10 nitrogen and oxygen atoms in total. The molecule has 0 aromatic rings. The van der Waals surface area contributed by atoms with Gasteiger partial charge >= 0.3 is 17.1 Å². The van der Waals surface area contributed by atoms with Gasteiger partial charge in [0.05, 0.1) is 36.6 Å². The van der Waals surface area contributed by atoms with E-state index in [1.807, 2.05) is 0 Å². The van der Waals surface area contributed by atoms with Gasteiger partial charge in [-0.05, 0) is 208 Å². The number of carbonyl (C=O) groups is 2. The summed E-state index contributed by atoms with van der Waals surface area (Å²) in [7, 11) is 0. The summed E-state index contributed by atoms with van der Waals surface area (Å²) in [5, 5.41) is 87.7. The normalized spacial score (nSPS) is 52.0. The molecule has 11 heteroatoms. The van der Waals surface area contributed by atoms with Crippen molar-refractivity contribution in [1.29, 1.82) is 0 Å². The number of aliphatic carboxylic acids is 2. The number of hydrogen-bond acceptors (Lipinski definition) is 10. The standard InChI is InChI=1S/2C24H40O5.Mn/c2*1-13(4-7-21(28)29)16-5-6-17-22-18(12-20(27)24(16,17)3)23(2)9-8-15(25)10-14(23)11-19(22)26;/h2*13-20,22,25-27H,4-12H2,1-3H3,(H,28,29);/q;;+2/p-2/t2*13-,14+,15-,16-,17?,18?,19-,20+,22?,23+,24-;/m11./s1. The number of fused-ring (bicyclic) bond motifs is 10. The van der Waals surface area contributed by atoms with E-state index in [9.17, 15) is 50.4 Å². The summed E-state index contributed by atoms with van der Waals surface area (Å²) < 4.78 is 0. The third-order valence-corrected chi connectivity index (χ3v) is 20.6. The molecular formula is C48H78MnO10. The maximum absolute atomic E-state index is 11.5. The number of rotatable bonds is 8. The minimum atomic E-state index is -0.998. The molecule has 0 aliphatic heterocycles. The molecule has 0 aromatic heterocycles. The molecule has 6 unspecified atom stereocenters. The fraction of sp³-hybridized carbons (Fsp3) is 0.958. The van der Waals surface area contributed by atoms with Crippen LogP contribution in [0.1, 0.15) is 157 Å². The van der Waals surface area contributed by atoms with Crippen molar-refractivity contribution >= 4 is 11.9 Å². The van der Waals surface area contributed by atoms with Crippen LogP contribution >= 0.6 is 0 Å². The first-order valence-electron chi connectivity index (χ1n) is 23.7. The van der Waals surface area contributed by atoms with Gasteiger partial charge in [0.1, 0.15) is 0 Å². The molecule has 8 fully saturated rings. The fourth-order valence-corrected chi connectivity index (χ4v) is 17.4. The third-order valence-electron chi connectivity index (χ3n) is 20.6. The molecule has 8 aliphatic rings. The molecule has 337 valence electrons. The summed E-state index contributed by atoms with van der Waals surface area (Å²) in [5.41, 5.74) is -0.343. The molecule has 0 amide bonds. The van der Waals surface area contributed by atoms with Crippen LogP contribution in [-0.4, -0.2) is 79.2 Å². The average Bonchev–Trinajstić information content (AvgIpc) is 3.70. The van der Waals surface area contributed by atoms with Crippen LogP contribution in [-0.2, 0) is 26.7 Å². The van der Waals surface area contributed by atoms with Crippen molar-refractivity contribution < 1.29 is 67.5 Å². The predicted octanol–water partition coefficient (Wildman–Crippen LogP) is 4.23. The van der Waals surface area contributed by atoms with Crippen molar-refractivity contribution in [3.8, 4) is 0 Å². The van der Waals surface area contributed by atoms with E-state index in [0.29, 0.717) is 36.5 Å². The second-order valence-corrected chi connectivity index (χ2v) is 22.8. The third kappa shape index (κ3) is 8.05. The van der Waals surface area contributed by atoms with Crippen molar-refractivity contribution in [1.82, 2.24) is 0 Å². The fourth-order valence-electron chi connectivity index (χ4n) is 17.4. The first-order valence-corrected chi connectivity index (χ1v) is 23.7. The van der Waals surface area contributed by atoms with E-state index in [0.717, 1.165) is 89.9 Å². The number of carboxylic acids is 2. The molecule has 59 heavy (non-hydrogen) atoms. The van der Waals surface area contributed by atoms with Gasteiger partial charge in [-0.3, -0.25) is 0 Å². The van der Waals surface area contributed by atoms with Crippen LogP contribution in [0.2, 0.25) is 0 Å². The molecule has 8 saturated carbocycles. The van der Waals surface area contributed by atoms with Gasteiger partial charge in [0.25, 0.3) is 0 Å². The zero-order chi connectivity index (χ0) is 42.3. The largest absolute Gasteiger partial charge is 2.00 e. The topological polar surface area (TPSA) is 202 Å². The van der Waals surface area contributed by atoms with Crippen LogP contribution in [0.3, 0.4) is 0 Å². The molecule has 0 aromatic carbocycles. The second kappa shape index (κ2) is 17.7. The monoisotopic (exact) mass is 869 g/mol. The van der Waals surface area contributed by atoms with Crippen LogP contribution in [0.25, 0.3) is 0 Å². The van der Waals surface area contributed by atoms with Crippen molar-refractivity contribution in [3.05, 3.63) is 0 Å². The Kier molecular flexibility index (Phi) is 14.3. The maximum atomic E-state index is 11.5. The van der Waals surface area contributed by atoms with Crippen molar-refractivity contribution in [2.45, 2.75) is 194 Å². The van der Waals surface area contributed by atoms with Gasteiger partial charge in [0.15, 0.2) is 0 Å². The van der Waals surface area contributed by atoms with E-state index in [-0.39, 0.29) is 123 Å². The van der Waals surface area contributed by atoms with E-state index >= 15 is 0 Å². The molecule has 0 bridgehead atoms. The van der Waals surface area contributed by atoms with E-state index in [2.05, 4.69) is 41.5 Å². The van der Waals surface area contributed by atoms with Crippen molar-refractivity contribution in [3.63, 3.8) is 0 Å². The van der Waals surface area contributed by atoms with Gasteiger partial charge < -0.3 is 50.4 Å². The smallest absolute Gasteiger partial charge is 0.550 e. The van der Waals surface area contributed by atoms with Crippen LogP contribution in [0.5, 0.6) is 0 Å². The number of aliphatic hydroxyl groups excluding tert-OH is 6. The van der Waals surface area contributed by atoms with E-state index < -0.39 is 24.1 Å². The van der Waals surface area contributed by atoms with Crippen LogP contribution in [0.15, 0.2) is 0 Å². The van der Waals surface area contributed by atoms with Gasteiger partial charge in [0, 0.05) is 11.9 Å². The van der Waals surface area contributed by atoms with E-state index in [4.69, 9.17) is 0 Å². The Labute approximate surface area is 364 Å². The van der Waals surface area contributed by atoms with E-state index in [1.165, 1.54) is 0 Å². The van der Waals surface area contributed by atoms with Crippen LogP contribution in [0, 0.1) is 92.7 Å². The van der Waals surface area contributed by atoms with Crippen molar-refractivity contribution in [2.75, 3.05) is 0 Å². The van der Waals surface area contributed by atoms with Gasteiger partial charge in [-0.15, -0.1) is 0 Å². The number of hydrogen-bond donors (Lipinski definition) is 6. The van der Waals surface area contributed by atoms with Gasteiger partial charge in [-0.1, -0.05) is 41.5 Å². The van der Waals surface area contributed by atoms with Crippen LogP contribution in [0.4, 0.5) is 0 Å². The molecule has 22 atom stereocenters. The average molecular weight is 870 g/mol. The zero-order valence-corrected chi connectivity index (χ0v) is 38.0. The SMILES string of the molecule is C[C@H](CCC(=O)[O-])[C@H]1CCC2C3C(C[C@H](O)[C@@]21C)[C@@]1(C)CC[C@@H](O)C[C@H]1C[C@H]3O.C[C@H](CCC(=O)[O-])[C@H]1CCC2C3C(C[C@H](O)[C@@]21C)[C@@]1(C)CC[C@@H](O)C[C@H]1C[C@H]3O.[Mn+2]. The minimum absolute atomic E-state index is 0. The molecule has 8 rings (SSSR count). The second-order valence-electron chi connectivity index (χ2n) is 22.8. The Morgan fingerprint density at radius 3 is 1.24 bits per heavy atom.